The predicted octanol–water partition coefficient (Wildman–Crippen LogP) is 2.20. The quantitative estimate of drug-likeness (QED) is 0.772. The second-order valence-electron chi connectivity index (χ2n) is 4.17. The molecule has 0 saturated carbocycles. The minimum atomic E-state index is 0.898. The van der Waals surface area contributed by atoms with Gasteiger partial charge in [-0.05, 0) is 16.9 Å². The van der Waals surface area contributed by atoms with Gasteiger partial charge in [0.25, 0.3) is 0 Å². The zero-order chi connectivity index (χ0) is 12.4. The van der Waals surface area contributed by atoms with E-state index < -0.39 is 0 Å². The molecule has 87 valence electrons. The van der Waals surface area contributed by atoms with Gasteiger partial charge in [-0.1, -0.05) is 54.6 Å². The lowest BCUT2D eigenvalue weighted by molar-refractivity contribution is 0.369. The molecule has 0 atom stereocenters. The van der Waals surface area contributed by atoms with E-state index >= 15 is 0 Å². The van der Waals surface area contributed by atoms with Crippen molar-refractivity contribution in [2.24, 2.45) is 0 Å². The zero-order valence-corrected chi connectivity index (χ0v) is 10.2. The highest BCUT2D eigenvalue weighted by atomic mass is 16.5. The molecule has 0 saturated heterocycles. The number of fused-ring (bicyclic) bond motifs is 1. The van der Waals surface area contributed by atoms with E-state index in [9.17, 15) is 0 Å². The summed E-state index contributed by atoms with van der Waals surface area (Å²) in [6, 6.07) is 18.4. The molecule has 1 radical (unpaired) electrons. The molecular formula is C17H13O. The standard InChI is InChI=1S/C17H13O/c1-18-17-15(11-13-7-3-2-4-8-13)12-14-9-5-6-10-16(14)17/h2-11H,1H3. The summed E-state index contributed by atoms with van der Waals surface area (Å²) in [5, 5.41) is 2.21. The molecule has 0 N–H and O–H groups in total. The summed E-state index contributed by atoms with van der Waals surface area (Å²) in [6.45, 7) is 0. The molecule has 0 amide bonds. The van der Waals surface area contributed by atoms with Crippen molar-refractivity contribution < 1.29 is 4.74 Å². The van der Waals surface area contributed by atoms with Gasteiger partial charge in [0.2, 0.25) is 0 Å². The third-order valence-corrected chi connectivity index (χ3v) is 3.00. The van der Waals surface area contributed by atoms with E-state index in [1.165, 1.54) is 0 Å². The highest BCUT2D eigenvalue weighted by Crippen LogP contribution is 2.18. The van der Waals surface area contributed by atoms with Crippen molar-refractivity contribution in [3.05, 3.63) is 76.2 Å². The molecule has 2 aromatic rings. The van der Waals surface area contributed by atoms with Gasteiger partial charge in [-0.2, -0.15) is 0 Å². The molecule has 1 aliphatic carbocycles. The smallest absolute Gasteiger partial charge is 0.134 e. The third-order valence-electron chi connectivity index (χ3n) is 3.00. The van der Waals surface area contributed by atoms with Gasteiger partial charge >= 0.3 is 0 Å². The molecule has 0 fully saturated rings. The van der Waals surface area contributed by atoms with Gasteiger partial charge in [-0.25, -0.2) is 0 Å². The molecule has 18 heavy (non-hydrogen) atoms. The highest BCUT2D eigenvalue weighted by molar-refractivity contribution is 5.85. The first-order valence-electron chi connectivity index (χ1n) is 5.93. The first-order valence-corrected chi connectivity index (χ1v) is 5.93. The molecular weight excluding hydrogens is 220 g/mol. The van der Waals surface area contributed by atoms with E-state index in [0.717, 1.165) is 27.3 Å². The average molecular weight is 233 g/mol. The van der Waals surface area contributed by atoms with Gasteiger partial charge in [-0.3, -0.25) is 0 Å². The van der Waals surface area contributed by atoms with Crippen molar-refractivity contribution in [3.63, 3.8) is 0 Å². The van der Waals surface area contributed by atoms with Crippen LogP contribution >= 0.6 is 0 Å². The number of methoxy groups -OCH3 is 1. The SMILES string of the molecule is COC1=c2ccccc2=[C]C1=Cc1ccccc1. The van der Waals surface area contributed by atoms with Crippen molar-refractivity contribution in [2.75, 3.05) is 7.11 Å². The Morgan fingerprint density at radius 2 is 1.67 bits per heavy atom. The molecule has 0 unspecified atom stereocenters. The Bertz CT molecular complexity index is 709. The molecule has 0 bridgehead atoms. The summed E-state index contributed by atoms with van der Waals surface area (Å²) in [7, 11) is 1.71. The van der Waals surface area contributed by atoms with Crippen molar-refractivity contribution >= 4 is 17.9 Å². The van der Waals surface area contributed by atoms with Crippen LogP contribution in [0.5, 0.6) is 0 Å². The van der Waals surface area contributed by atoms with E-state index in [1.54, 1.807) is 7.11 Å². The minimum absolute atomic E-state index is 0.898. The van der Waals surface area contributed by atoms with Gasteiger partial charge in [-0.15, -0.1) is 0 Å². The zero-order valence-electron chi connectivity index (χ0n) is 10.2. The molecule has 0 aliphatic heterocycles. The first-order chi connectivity index (χ1) is 8.88. The molecule has 2 aromatic carbocycles. The fourth-order valence-corrected chi connectivity index (χ4v) is 2.17. The summed E-state index contributed by atoms with van der Waals surface area (Å²) >= 11 is 0. The van der Waals surface area contributed by atoms with Gasteiger partial charge < -0.3 is 4.74 Å². The average Bonchev–Trinajstić information content (AvgIpc) is 2.77. The number of hydrogen-bond acceptors (Lipinski definition) is 1. The molecule has 1 aliphatic rings. The number of benzene rings is 2. The first kappa shape index (κ1) is 10.8. The summed E-state index contributed by atoms with van der Waals surface area (Å²) in [5.41, 5.74) is 2.16. The van der Waals surface area contributed by atoms with E-state index in [-0.39, 0.29) is 0 Å². The summed E-state index contributed by atoms with van der Waals surface area (Å²) in [6.07, 6.45) is 5.48. The van der Waals surface area contributed by atoms with Gasteiger partial charge in [0.05, 0.1) is 7.11 Å². The molecule has 1 nitrogen and oxygen atoms in total. The van der Waals surface area contributed by atoms with Crippen LogP contribution in [-0.2, 0) is 4.74 Å². The fourth-order valence-electron chi connectivity index (χ4n) is 2.17. The van der Waals surface area contributed by atoms with Crippen LogP contribution in [0.25, 0.3) is 17.9 Å². The maximum atomic E-state index is 5.51. The predicted molar refractivity (Wildman–Crippen MR) is 73.9 cm³/mol. The Kier molecular flexibility index (Phi) is 2.73. The van der Waals surface area contributed by atoms with E-state index in [4.69, 9.17) is 4.74 Å². The van der Waals surface area contributed by atoms with Crippen LogP contribution in [0.1, 0.15) is 5.56 Å². The van der Waals surface area contributed by atoms with Crippen LogP contribution in [0.15, 0.2) is 60.2 Å². The summed E-state index contributed by atoms with van der Waals surface area (Å²) < 4.78 is 5.51. The Labute approximate surface area is 106 Å². The van der Waals surface area contributed by atoms with Crippen LogP contribution in [0.4, 0.5) is 0 Å². The van der Waals surface area contributed by atoms with Crippen LogP contribution in [0, 0.1) is 0 Å². The second-order valence-corrected chi connectivity index (χ2v) is 4.17. The normalized spacial score (nSPS) is 15.4. The van der Waals surface area contributed by atoms with Gasteiger partial charge in [0.1, 0.15) is 5.76 Å². The van der Waals surface area contributed by atoms with Crippen LogP contribution in [-0.4, -0.2) is 7.11 Å². The molecule has 3 rings (SSSR count). The lowest BCUT2D eigenvalue weighted by Crippen LogP contribution is -2.22. The van der Waals surface area contributed by atoms with Gasteiger partial charge in [0.15, 0.2) is 0 Å². The van der Waals surface area contributed by atoms with Crippen LogP contribution in [0.2, 0.25) is 0 Å². The fraction of sp³-hybridized carbons (Fsp3) is 0.0588. The molecule has 1 heteroatoms. The topological polar surface area (TPSA) is 9.23 Å². The molecule has 0 spiro atoms. The van der Waals surface area contributed by atoms with Crippen LogP contribution < -0.4 is 10.4 Å². The third kappa shape index (κ3) is 1.84. The number of hydrogen-bond donors (Lipinski definition) is 0. The lowest BCUT2D eigenvalue weighted by atomic mass is 10.1. The molecule has 0 heterocycles. The number of rotatable bonds is 2. The van der Waals surface area contributed by atoms with Crippen molar-refractivity contribution in [2.45, 2.75) is 0 Å². The molecule has 0 aromatic heterocycles. The maximum absolute atomic E-state index is 5.51. The summed E-state index contributed by atoms with van der Waals surface area (Å²) in [5.74, 6) is 0.898. The van der Waals surface area contributed by atoms with Crippen molar-refractivity contribution in [1.82, 2.24) is 0 Å². The summed E-state index contributed by atoms with van der Waals surface area (Å²) in [4.78, 5) is 0. The van der Waals surface area contributed by atoms with E-state index in [2.05, 4.69) is 36.4 Å². The highest BCUT2D eigenvalue weighted by Gasteiger charge is 2.11. The number of ether oxygens (including phenoxy) is 1. The largest absolute Gasteiger partial charge is 0.495 e. The minimum Gasteiger partial charge on any atom is -0.495 e. The second kappa shape index (κ2) is 4.53. The Morgan fingerprint density at radius 1 is 0.944 bits per heavy atom. The Morgan fingerprint density at radius 3 is 2.44 bits per heavy atom. The van der Waals surface area contributed by atoms with Crippen LogP contribution in [0.3, 0.4) is 0 Å². The Balaban J connectivity index is 2.17. The monoisotopic (exact) mass is 233 g/mol. The van der Waals surface area contributed by atoms with Crippen molar-refractivity contribution in [3.8, 4) is 0 Å². The van der Waals surface area contributed by atoms with Crippen molar-refractivity contribution in [1.29, 1.82) is 0 Å². The van der Waals surface area contributed by atoms with Gasteiger partial charge in [0, 0.05) is 16.9 Å². The maximum Gasteiger partial charge on any atom is 0.134 e. The lowest BCUT2D eigenvalue weighted by Gasteiger charge is -2.03. The van der Waals surface area contributed by atoms with E-state index in [0.29, 0.717) is 0 Å². The van der Waals surface area contributed by atoms with E-state index in [1.807, 2.05) is 30.3 Å². The Hall–Kier alpha value is -2.28.